The number of rotatable bonds is 2. The van der Waals surface area contributed by atoms with E-state index >= 15 is 0 Å². The van der Waals surface area contributed by atoms with Gasteiger partial charge in [0.15, 0.2) is 0 Å². The molecular formula is C17H23NO2. The molecule has 1 heterocycles. The summed E-state index contributed by atoms with van der Waals surface area (Å²) in [7, 11) is 0. The summed E-state index contributed by atoms with van der Waals surface area (Å²) < 4.78 is 0. The molecule has 0 bridgehead atoms. The number of aliphatic hydroxyl groups excluding tert-OH is 1. The van der Waals surface area contributed by atoms with Crippen molar-refractivity contribution >= 4 is 5.91 Å². The van der Waals surface area contributed by atoms with E-state index in [2.05, 4.69) is 25.1 Å². The molecule has 3 heteroatoms. The van der Waals surface area contributed by atoms with Gasteiger partial charge in [-0.25, -0.2) is 0 Å². The van der Waals surface area contributed by atoms with Crippen molar-refractivity contribution < 1.29 is 9.90 Å². The Morgan fingerprint density at radius 3 is 2.75 bits per heavy atom. The Balaban J connectivity index is 1.87. The topological polar surface area (TPSA) is 40.5 Å². The van der Waals surface area contributed by atoms with Crippen molar-refractivity contribution in [2.75, 3.05) is 13.1 Å². The predicted molar refractivity (Wildman–Crippen MR) is 78.5 cm³/mol. The summed E-state index contributed by atoms with van der Waals surface area (Å²) in [6.07, 6.45) is 4.40. The maximum absolute atomic E-state index is 13.0. The number of hydrogen-bond donors (Lipinski definition) is 1. The molecule has 20 heavy (non-hydrogen) atoms. The monoisotopic (exact) mass is 273 g/mol. The minimum Gasteiger partial charge on any atom is -0.391 e. The van der Waals surface area contributed by atoms with Crippen LogP contribution >= 0.6 is 0 Å². The van der Waals surface area contributed by atoms with E-state index in [-0.39, 0.29) is 17.4 Å². The van der Waals surface area contributed by atoms with E-state index in [1.54, 1.807) is 0 Å². The zero-order valence-corrected chi connectivity index (χ0v) is 12.1. The van der Waals surface area contributed by atoms with Crippen LogP contribution < -0.4 is 0 Å². The minimum absolute atomic E-state index is 0.230. The molecule has 1 aliphatic heterocycles. The van der Waals surface area contributed by atoms with E-state index in [1.165, 1.54) is 5.56 Å². The number of β-amino-alcohol motifs (C(OH)–C–C–N with tert-alkyl or cyclic N) is 1. The van der Waals surface area contributed by atoms with Crippen molar-refractivity contribution in [2.45, 2.75) is 50.5 Å². The summed E-state index contributed by atoms with van der Waals surface area (Å²) in [6.45, 7) is 3.38. The molecule has 1 unspecified atom stereocenters. The second-order valence-electron chi connectivity index (χ2n) is 6.35. The average molecular weight is 273 g/mol. The second-order valence-corrected chi connectivity index (χ2v) is 6.35. The van der Waals surface area contributed by atoms with Crippen molar-refractivity contribution in [1.82, 2.24) is 4.90 Å². The molecule has 108 valence electrons. The smallest absolute Gasteiger partial charge is 0.233 e. The van der Waals surface area contributed by atoms with Crippen molar-refractivity contribution in [1.29, 1.82) is 0 Å². The Hall–Kier alpha value is -1.35. The van der Waals surface area contributed by atoms with Crippen LogP contribution in [0.5, 0.6) is 0 Å². The number of amides is 1. The summed E-state index contributed by atoms with van der Waals surface area (Å²) in [5.41, 5.74) is 2.05. The lowest BCUT2D eigenvalue weighted by Gasteiger charge is -2.45. The fraction of sp³-hybridized carbons (Fsp3) is 0.588. The van der Waals surface area contributed by atoms with Gasteiger partial charge >= 0.3 is 0 Å². The zero-order chi connectivity index (χ0) is 14.2. The van der Waals surface area contributed by atoms with Crippen molar-refractivity contribution in [2.24, 2.45) is 0 Å². The van der Waals surface area contributed by atoms with Crippen LogP contribution in [0.25, 0.3) is 0 Å². The molecule has 1 N–H and O–H groups in total. The Kier molecular flexibility index (Phi) is 3.55. The SMILES string of the molecule is Cc1cccc(C2(C(=O)N3CCCC(O)C3)CCC2)c1. The van der Waals surface area contributed by atoms with E-state index in [0.29, 0.717) is 6.54 Å². The van der Waals surface area contributed by atoms with Gasteiger partial charge in [-0.2, -0.15) is 0 Å². The molecule has 1 atom stereocenters. The molecule has 1 aliphatic carbocycles. The third-order valence-electron chi connectivity index (χ3n) is 4.87. The number of piperidine rings is 1. The summed E-state index contributed by atoms with van der Waals surface area (Å²) >= 11 is 0. The lowest BCUT2D eigenvalue weighted by Crippen LogP contribution is -2.54. The lowest BCUT2D eigenvalue weighted by molar-refractivity contribution is -0.144. The van der Waals surface area contributed by atoms with Gasteiger partial charge in [-0.3, -0.25) is 4.79 Å². The molecule has 2 aliphatic rings. The summed E-state index contributed by atoms with van der Waals surface area (Å²) in [6, 6.07) is 8.36. The van der Waals surface area contributed by atoms with Gasteiger partial charge in [-0.15, -0.1) is 0 Å². The summed E-state index contributed by atoms with van der Waals surface area (Å²) in [4.78, 5) is 14.9. The molecule has 1 aromatic rings. The number of aliphatic hydroxyl groups is 1. The number of aryl methyl sites for hydroxylation is 1. The first kappa shape index (κ1) is 13.6. The molecule has 0 aromatic heterocycles. The van der Waals surface area contributed by atoms with Crippen LogP contribution in [-0.4, -0.2) is 35.1 Å². The fourth-order valence-electron chi connectivity index (χ4n) is 3.54. The van der Waals surface area contributed by atoms with Gasteiger partial charge in [0.25, 0.3) is 0 Å². The number of benzene rings is 1. The normalized spacial score (nSPS) is 25.1. The van der Waals surface area contributed by atoms with Crippen LogP contribution in [0.3, 0.4) is 0 Å². The van der Waals surface area contributed by atoms with Crippen LogP contribution in [0.4, 0.5) is 0 Å². The number of carbonyl (C=O) groups excluding carboxylic acids is 1. The van der Waals surface area contributed by atoms with Gasteiger partial charge in [0.1, 0.15) is 0 Å². The molecule has 0 spiro atoms. The molecule has 3 nitrogen and oxygen atoms in total. The van der Waals surface area contributed by atoms with E-state index < -0.39 is 0 Å². The predicted octanol–water partition coefficient (Wildman–Crippen LogP) is 2.40. The Labute approximate surface area is 120 Å². The third kappa shape index (κ3) is 2.24. The highest BCUT2D eigenvalue weighted by atomic mass is 16.3. The maximum Gasteiger partial charge on any atom is 0.233 e. The van der Waals surface area contributed by atoms with E-state index in [0.717, 1.165) is 44.2 Å². The van der Waals surface area contributed by atoms with Crippen LogP contribution in [0, 0.1) is 6.92 Å². The highest BCUT2D eigenvalue weighted by Gasteiger charge is 2.48. The molecule has 1 saturated carbocycles. The largest absolute Gasteiger partial charge is 0.391 e. The number of nitrogens with zero attached hydrogens (tertiary/aromatic N) is 1. The molecule has 1 amide bonds. The number of carbonyl (C=O) groups is 1. The first-order valence-corrected chi connectivity index (χ1v) is 7.66. The first-order valence-electron chi connectivity index (χ1n) is 7.66. The lowest BCUT2D eigenvalue weighted by atomic mass is 9.63. The third-order valence-corrected chi connectivity index (χ3v) is 4.87. The van der Waals surface area contributed by atoms with Gasteiger partial charge < -0.3 is 10.0 Å². The van der Waals surface area contributed by atoms with E-state index in [1.807, 2.05) is 11.0 Å². The van der Waals surface area contributed by atoms with Gasteiger partial charge in [-0.05, 0) is 38.2 Å². The van der Waals surface area contributed by atoms with E-state index in [9.17, 15) is 9.90 Å². The second kappa shape index (κ2) is 5.21. The minimum atomic E-state index is -0.345. The quantitative estimate of drug-likeness (QED) is 0.899. The van der Waals surface area contributed by atoms with Gasteiger partial charge in [0.2, 0.25) is 5.91 Å². The molecule has 0 radical (unpaired) electrons. The molecule has 3 rings (SSSR count). The Morgan fingerprint density at radius 2 is 2.15 bits per heavy atom. The van der Waals surface area contributed by atoms with Crippen LogP contribution in [0.1, 0.15) is 43.2 Å². The van der Waals surface area contributed by atoms with Gasteiger partial charge in [0.05, 0.1) is 11.5 Å². The molecule has 2 fully saturated rings. The van der Waals surface area contributed by atoms with Crippen molar-refractivity contribution in [3.05, 3.63) is 35.4 Å². The van der Waals surface area contributed by atoms with Crippen LogP contribution in [0.2, 0.25) is 0 Å². The number of hydrogen-bond acceptors (Lipinski definition) is 2. The Bertz CT molecular complexity index is 507. The summed E-state index contributed by atoms with van der Waals surface area (Å²) in [5, 5.41) is 9.81. The van der Waals surface area contributed by atoms with Gasteiger partial charge in [-0.1, -0.05) is 36.2 Å². The number of likely N-dealkylation sites (tertiary alicyclic amines) is 1. The molecular weight excluding hydrogens is 250 g/mol. The maximum atomic E-state index is 13.0. The van der Waals surface area contributed by atoms with Gasteiger partial charge in [0, 0.05) is 13.1 Å². The highest BCUT2D eigenvalue weighted by molar-refractivity contribution is 5.89. The summed E-state index contributed by atoms with van der Waals surface area (Å²) in [5.74, 6) is 0.230. The van der Waals surface area contributed by atoms with Crippen molar-refractivity contribution in [3.63, 3.8) is 0 Å². The van der Waals surface area contributed by atoms with Crippen LogP contribution in [-0.2, 0) is 10.2 Å². The Morgan fingerprint density at radius 1 is 1.35 bits per heavy atom. The van der Waals surface area contributed by atoms with Crippen LogP contribution in [0.15, 0.2) is 24.3 Å². The van der Waals surface area contributed by atoms with E-state index in [4.69, 9.17) is 0 Å². The average Bonchev–Trinajstić information content (AvgIpc) is 2.37. The van der Waals surface area contributed by atoms with Crippen molar-refractivity contribution in [3.8, 4) is 0 Å². The standard InChI is InChI=1S/C17H23NO2/c1-13-5-2-6-14(11-13)17(8-4-9-17)16(20)18-10-3-7-15(19)12-18/h2,5-6,11,15,19H,3-4,7-10,12H2,1H3. The first-order chi connectivity index (χ1) is 9.62. The molecule has 1 aromatic carbocycles. The zero-order valence-electron chi connectivity index (χ0n) is 12.1. The molecule has 1 saturated heterocycles. The highest BCUT2D eigenvalue weighted by Crippen LogP contribution is 2.45. The fourth-order valence-corrected chi connectivity index (χ4v) is 3.54.